The first kappa shape index (κ1) is 23.0. The van der Waals surface area contributed by atoms with Gasteiger partial charge in [0, 0.05) is 24.8 Å². The number of benzene rings is 4. The van der Waals surface area contributed by atoms with Gasteiger partial charge in [0.15, 0.2) is 0 Å². The van der Waals surface area contributed by atoms with Crippen LogP contribution in [-0.4, -0.2) is 23.8 Å². The molecule has 0 spiro atoms. The zero-order chi connectivity index (χ0) is 23.8. The monoisotopic (exact) mass is 448 g/mol. The third-order valence-corrected chi connectivity index (χ3v) is 5.74. The van der Waals surface area contributed by atoms with Gasteiger partial charge in [-0.15, -0.1) is 0 Å². The molecule has 0 heterocycles. The van der Waals surface area contributed by atoms with Crippen LogP contribution in [0.4, 0.5) is 5.69 Å². The summed E-state index contributed by atoms with van der Waals surface area (Å²) in [7, 11) is 1.82. The SMILES string of the molecule is CN(Cc1ccccc1)C(=O)Cc1ccc(N(Cc2ccccc2)C(=O)c2ccccc2)cc1. The highest BCUT2D eigenvalue weighted by molar-refractivity contribution is 6.06. The largest absolute Gasteiger partial charge is 0.341 e. The maximum atomic E-state index is 13.3. The molecule has 0 N–H and O–H groups in total. The summed E-state index contributed by atoms with van der Waals surface area (Å²) < 4.78 is 0. The molecule has 4 nitrogen and oxygen atoms in total. The molecule has 0 bridgehead atoms. The van der Waals surface area contributed by atoms with E-state index in [0.29, 0.717) is 25.1 Å². The molecule has 0 radical (unpaired) electrons. The molecule has 0 saturated heterocycles. The van der Waals surface area contributed by atoms with Gasteiger partial charge in [-0.3, -0.25) is 9.59 Å². The average molecular weight is 449 g/mol. The number of amides is 2. The van der Waals surface area contributed by atoms with E-state index in [2.05, 4.69) is 0 Å². The predicted molar refractivity (Wildman–Crippen MR) is 136 cm³/mol. The summed E-state index contributed by atoms with van der Waals surface area (Å²) in [6.45, 7) is 1.04. The minimum atomic E-state index is -0.0594. The Hall–Kier alpha value is -4.18. The molecule has 4 aromatic carbocycles. The van der Waals surface area contributed by atoms with Crippen LogP contribution in [0.1, 0.15) is 27.0 Å². The molecule has 34 heavy (non-hydrogen) atoms. The maximum Gasteiger partial charge on any atom is 0.258 e. The van der Waals surface area contributed by atoms with Crippen molar-refractivity contribution in [2.75, 3.05) is 11.9 Å². The number of likely N-dealkylation sites (N-methyl/N-ethyl adjacent to an activating group) is 1. The smallest absolute Gasteiger partial charge is 0.258 e. The van der Waals surface area contributed by atoms with E-state index in [1.54, 1.807) is 9.80 Å². The van der Waals surface area contributed by atoms with E-state index in [0.717, 1.165) is 22.4 Å². The van der Waals surface area contributed by atoms with Crippen LogP contribution in [0.5, 0.6) is 0 Å². The van der Waals surface area contributed by atoms with E-state index in [4.69, 9.17) is 0 Å². The number of carbonyl (C=O) groups excluding carboxylic acids is 2. The standard InChI is InChI=1S/C30H28N2O2/c1-31(22-25-11-5-2-6-12-25)29(33)21-24-17-19-28(20-18-24)32(23-26-13-7-3-8-14-26)30(34)27-15-9-4-10-16-27/h2-20H,21-23H2,1H3. The number of hydrogen-bond acceptors (Lipinski definition) is 2. The predicted octanol–water partition coefficient (Wildman–Crippen LogP) is 5.73. The fourth-order valence-electron chi connectivity index (χ4n) is 3.83. The Labute approximate surface area is 201 Å². The van der Waals surface area contributed by atoms with Gasteiger partial charge in [0.1, 0.15) is 0 Å². The molecule has 0 aliphatic rings. The van der Waals surface area contributed by atoms with Gasteiger partial charge in [-0.25, -0.2) is 0 Å². The van der Waals surface area contributed by atoms with Gasteiger partial charge in [0.05, 0.1) is 13.0 Å². The van der Waals surface area contributed by atoms with E-state index >= 15 is 0 Å². The highest BCUT2D eigenvalue weighted by Gasteiger charge is 2.18. The lowest BCUT2D eigenvalue weighted by atomic mass is 10.1. The number of hydrogen-bond donors (Lipinski definition) is 0. The van der Waals surface area contributed by atoms with Crippen molar-refractivity contribution in [1.29, 1.82) is 0 Å². The Morgan fingerprint density at radius 2 is 1.09 bits per heavy atom. The number of nitrogens with zero attached hydrogens (tertiary/aromatic N) is 2. The van der Waals surface area contributed by atoms with E-state index in [1.807, 2.05) is 122 Å². The zero-order valence-electron chi connectivity index (χ0n) is 19.3. The topological polar surface area (TPSA) is 40.6 Å². The molecule has 0 saturated carbocycles. The molecule has 0 aliphatic heterocycles. The van der Waals surface area contributed by atoms with Crippen LogP contribution in [0, 0.1) is 0 Å². The van der Waals surface area contributed by atoms with Crippen LogP contribution in [0.2, 0.25) is 0 Å². The molecule has 0 aromatic heterocycles. The second-order valence-electron chi connectivity index (χ2n) is 8.32. The zero-order valence-corrected chi connectivity index (χ0v) is 19.3. The lowest BCUT2D eigenvalue weighted by Crippen LogP contribution is -2.30. The van der Waals surface area contributed by atoms with Crippen LogP contribution < -0.4 is 4.90 Å². The van der Waals surface area contributed by atoms with Gasteiger partial charge < -0.3 is 9.80 Å². The Kier molecular flexibility index (Phi) is 7.51. The second-order valence-corrected chi connectivity index (χ2v) is 8.32. The number of rotatable bonds is 8. The van der Waals surface area contributed by atoms with Crippen molar-refractivity contribution >= 4 is 17.5 Å². The summed E-state index contributed by atoms with van der Waals surface area (Å²) in [5.74, 6) is -0.00557. The Balaban J connectivity index is 1.49. The summed E-state index contributed by atoms with van der Waals surface area (Å²) in [6, 6.07) is 36.9. The first-order chi connectivity index (χ1) is 16.6. The normalized spacial score (nSPS) is 10.5. The maximum absolute atomic E-state index is 13.3. The summed E-state index contributed by atoms with van der Waals surface area (Å²) in [5, 5.41) is 0. The lowest BCUT2D eigenvalue weighted by Gasteiger charge is -2.24. The molecule has 4 heteroatoms. The molecule has 4 rings (SSSR count). The highest BCUT2D eigenvalue weighted by atomic mass is 16.2. The fraction of sp³-hybridized carbons (Fsp3) is 0.133. The molecule has 0 unspecified atom stereocenters. The second kappa shape index (κ2) is 11.1. The van der Waals surface area contributed by atoms with Crippen LogP contribution in [0.25, 0.3) is 0 Å². The summed E-state index contributed by atoms with van der Waals surface area (Å²) in [5.41, 5.74) is 4.51. The van der Waals surface area contributed by atoms with E-state index in [-0.39, 0.29) is 11.8 Å². The molecular weight excluding hydrogens is 420 g/mol. The van der Waals surface area contributed by atoms with E-state index in [9.17, 15) is 9.59 Å². The fourth-order valence-corrected chi connectivity index (χ4v) is 3.83. The van der Waals surface area contributed by atoms with Crippen molar-refractivity contribution in [3.8, 4) is 0 Å². The lowest BCUT2D eigenvalue weighted by molar-refractivity contribution is -0.129. The van der Waals surface area contributed by atoms with Crippen molar-refractivity contribution in [2.45, 2.75) is 19.5 Å². The number of carbonyl (C=O) groups is 2. The third kappa shape index (κ3) is 5.99. The summed E-state index contributed by atoms with van der Waals surface area (Å²) in [4.78, 5) is 29.6. The third-order valence-electron chi connectivity index (χ3n) is 5.74. The van der Waals surface area contributed by atoms with Crippen molar-refractivity contribution in [3.05, 3.63) is 138 Å². The van der Waals surface area contributed by atoms with Crippen LogP contribution in [0.15, 0.2) is 115 Å². The molecule has 0 aliphatic carbocycles. The molecule has 4 aromatic rings. The van der Waals surface area contributed by atoms with Gasteiger partial charge in [0.2, 0.25) is 5.91 Å². The molecular formula is C30H28N2O2. The summed E-state index contributed by atoms with van der Waals surface area (Å²) in [6.07, 6.45) is 0.314. The minimum absolute atomic E-state index is 0.0538. The summed E-state index contributed by atoms with van der Waals surface area (Å²) >= 11 is 0. The molecule has 2 amide bonds. The molecule has 0 fully saturated rings. The van der Waals surface area contributed by atoms with Gasteiger partial charge in [-0.1, -0.05) is 91.0 Å². The van der Waals surface area contributed by atoms with Crippen molar-refractivity contribution < 1.29 is 9.59 Å². The Morgan fingerprint density at radius 3 is 1.65 bits per heavy atom. The van der Waals surface area contributed by atoms with Crippen LogP contribution in [0.3, 0.4) is 0 Å². The van der Waals surface area contributed by atoms with E-state index in [1.165, 1.54) is 0 Å². The van der Waals surface area contributed by atoms with Gasteiger partial charge in [0.25, 0.3) is 5.91 Å². The minimum Gasteiger partial charge on any atom is -0.341 e. The van der Waals surface area contributed by atoms with Gasteiger partial charge in [-0.05, 0) is 41.0 Å². The van der Waals surface area contributed by atoms with E-state index < -0.39 is 0 Å². The van der Waals surface area contributed by atoms with Crippen LogP contribution in [-0.2, 0) is 24.3 Å². The van der Waals surface area contributed by atoms with Crippen molar-refractivity contribution in [2.24, 2.45) is 0 Å². The Bertz CT molecular complexity index is 1210. The first-order valence-electron chi connectivity index (χ1n) is 11.4. The first-order valence-corrected chi connectivity index (χ1v) is 11.4. The van der Waals surface area contributed by atoms with Crippen molar-refractivity contribution in [3.63, 3.8) is 0 Å². The number of anilines is 1. The van der Waals surface area contributed by atoms with Crippen molar-refractivity contribution in [1.82, 2.24) is 4.90 Å². The van der Waals surface area contributed by atoms with Crippen LogP contribution >= 0.6 is 0 Å². The Morgan fingerprint density at radius 1 is 0.588 bits per heavy atom. The molecule has 0 atom stereocenters. The molecule has 170 valence electrons. The highest BCUT2D eigenvalue weighted by Crippen LogP contribution is 2.22. The van der Waals surface area contributed by atoms with Gasteiger partial charge >= 0.3 is 0 Å². The quantitative estimate of drug-likeness (QED) is 0.345. The average Bonchev–Trinajstić information content (AvgIpc) is 2.89. The van der Waals surface area contributed by atoms with Gasteiger partial charge in [-0.2, -0.15) is 0 Å².